The van der Waals surface area contributed by atoms with Gasteiger partial charge in [0.05, 0.1) is 12.8 Å². The predicted molar refractivity (Wildman–Crippen MR) is 100 cm³/mol. The normalized spacial score (nSPS) is 19.9. The number of anilines is 1. The zero-order chi connectivity index (χ0) is 19.4. The number of nitrogens with one attached hydrogen (secondary N) is 2. The van der Waals surface area contributed by atoms with Gasteiger partial charge in [-0.15, -0.1) is 11.3 Å². The molecule has 0 fully saturated rings. The maximum absolute atomic E-state index is 11.8. The molecule has 1 amide bonds. The SMILES string of the molecule is CNS(=O)(=O)OCC(=O)Nc1nc(C)c(CC2(C)C=CC(OC)=CC2)s1. The van der Waals surface area contributed by atoms with E-state index in [0.29, 0.717) is 5.13 Å². The number of amides is 1. The molecule has 0 saturated heterocycles. The standard InChI is InChI=1S/C16H23N3O5S2/c1-11-13(9-16(2)7-5-12(23-4)6-8-16)25-15(18-11)19-14(20)10-24-26(21,22)17-3/h5-7,17H,8-10H2,1-4H3,(H,18,19,20). The van der Waals surface area contributed by atoms with Crippen molar-refractivity contribution in [1.82, 2.24) is 9.71 Å². The van der Waals surface area contributed by atoms with Crippen molar-refractivity contribution in [3.63, 3.8) is 0 Å². The van der Waals surface area contributed by atoms with E-state index >= 15 is 0 Å². The van der Waals surface area contributed by atoms with E-state index < -0.39 is 22.8 Å². The minimum Gasteiger partial charge on any atom is -0.497 e. The molecule has 144 valence electrons. The number of hydrogen-bond donors (Lipinski definition) is 2. The van der Waals surface area contributed by atoms with Crippen LogP contribution in [0, 0.1) is 12.3 Å². The van der Waals surface area contributed by atoms with E-state index in [1.165, 1.54) is 18.4 Å². The fourth-order valence-corrected chi connectivity index (χ4v) is 3.95. The quantitative estimate of drug-likeness (QED) is 0.689. The smallest absolute Gasteiger partial charge is 0.336 e. The fraction of sp³-hybridized carbons (Fsp3) is 0.500. The first-order valence-corrected chi connectivity index (χ1v) is 10.2. The van der Waals surface area contributed by atoms with Gasteiger partial charge in [-0.25, -0.2) is 9.17 Å². The highest BCUT2D eigenvalue weighted by atomic mass is 32.2. The highest BCUT2D eigenvalue weighted by molar-refractivity contribution is 7.84. The topological polar surface area (TPSA) is 107 Å². The van der Waals surface area contributed by atoms with Crippen LogP contribution in [0.5, 0.6) is 0 Å². The van der Waals surface area contributed by atoms with Crippen LogP contribution in [0.1, 0.15) is 23.9 Å². The van der Waals surface area contributed by atoms with Crippen LogP contribution in [-0.4, -0.2) is 40.1 Å². The summed E-state index contributed by atoms with van der Waals surface area (Å²) in [6.07, 6.45) is 7.77. The van der Waals surface area contributed by atoms with E-state index in [9.17, 15) is 13.2 Å². The number of nitrogens with zero attached hydrogens (tertiary/aromatic N) is 1. The van der Waals surface area contributed by atoms with Crippen LogP contribution >= 0.6 is 11.3 Å². The second-order valence-electron chi connectivity index (χ2n) is 6.18. The number of carbonyl (C=O) groups excluding carboxylic acids is 1. The van der Waals surface area contributed by atoms with Crippen molar-refractivity contribution >= 4 is 32.7 Å². The van der Waals surface area contributed by atoms with E-state index in [2.05, 4.69) is 33.6 Å². The van der Waals surface area contributed by atoms with Gasteiger partial charge in [-0.3, -0.25) is 10.1 Å². The molecule has 2 N–H and O–H groups in total. The third-order valence-electron chi connectivity index (χ3n) is 3.95. The number of thiazole rings is 1. The van der Waals surface area contributed by atoms with Gasteiger partial charge in [0, 0.05) is 11.9 Å². The number of methoxy groups -OCH3 is 1. The average Bonchev–Trinajstić information content (AvgIpc) is 2.92. The predicted octanol–water partition coefficient (Wildman–Crippen LogP) is 1.91. The maximum atomic E-state index is 11.8. The van der Waals surface area contributed by atoms with Gasteiger partial charge in [0.25, 0.3) is 5.91 Å². The highest BCUT2D eigenvalue weighted by Crippen LogP contribution is 2.36. The molecular weight excluding hydrogens is 378 g/mol. The molecule has 1 aromatic rings. The lowest BCUT2D eigenvalue weighted by Gasteiger charge is -2.27. The summed E-state index contributed by atoms with van der Waals surface area (Å²) in [6.45, 7) is 3.43. The first-order chi connectivity index (χ1) is 12.2. The van der Waals surface area contributed by atoms with Gasteiger partial charge in [0.15, 0.2) is 5.13 Å². The molecule has 0 spiro atoms. The summed E-state index contributed by atoms with van der Waals surface area (Å²) in [5.41, 5.74) is 0.787. The van der Waals surface area contributed by atoms with Crippen LogP contribution in [0.2, 0.25) is 0 Å². The van der Waals surface area contributed by atoms with Crippen molar-refractivity contribution < 1.29 is 22.1 Å². The number of ether oxygens (including phenoxy) is 1. The van der Waals surface area contributed by atoms with Crippen LogP contribution < -0.4 is 10.0 Å². The molecule has 0 bridgehead atoms. The Kier molecular flexibility index (Phi) is 6.56. The zero-order valence-corrected chi connectivity index (χ0v) is 16.8. The lowest BCUT2D eigenvalue weighted by Crippen LogP contribution is -2.27. The van der Waals surface area contributed by atoms with Crippen molar-refractivity contribution in [2.24, 2.45) is 5.41 Å². The van der Waals surface area contributed by atoms with Gasteiger partial charge >= 0.3 is 10.3 Å². The van der Waals surface area contributed by atoms with Crippen LogP contribution in [0.15, 0.2) is 24.0 Å². The molecular formula is C16H23N3O5S2. The second kappa shape index (κ2) is 8.30. The molecule has 1 aromatic heterocycles. The molecule has 0 radical (unpaired) electrons. The van der Waals surface area contributed by atoms with Crippen molar-refractivity contribution in [2.75, 3.05) is 26.1 Å². The van der Waals surface area contributed by atoms with E-state index in [1.54, 1.807) is 7.11 Å². The van der Waals surface area contributed by atoms with Gasteiger partial charge in [-0.05, 0) is 37.3 Å². The molecule has 1 unspecified atom stereocenters. The number of aryl methyl sites for hydroxylation is 1. The molecule has 1 aliphatic carbocycles. The third-order valence-corrected chi connectivity index (χ3v) is 5.95. The van der Waals surface area contributed by atoms with Crippen molar-refractivity contribution in [2.45, 2.75) is 26.7 Å². The first-order valence-electron chi connectivity index (χ1n) is 7.94. The second-order valence-corrected chi connectivity index (χ2v) is 8.81. The molecule has 8 nitrogen and oxygen atoms in total. The summed E-state index contributed by atoms with van der Waals surface area (Å²) >= 11 is 1.38. The van der Waals surface area contributed by atoms with Crippen LogP contribution in [-0.2, 0) is 30.4 Å². The Morgan fingerprint density at radius 2 is 2.19 bits per heavy atom. The van der Waals surface area contributed by atoms with E-state index in [0.717, 1.165) is 29.2 Å². The number of hydrogen-bond acceptors (Lipinski definition) is 7. The Bertz CT molecular complexity index is 829. The molecule has 0 aromatic carbocycles. The number of allylic oxidation sites excluding steroid dienone is 3. The summed E-state index contributed by atoms with van der Waals surface area (Å²) < 4.78 is 34.0. The van der Waals surface area contributed by atoms with Gasteiger partial charge < -0.3 is 4.74 Å². The summed E-state index contributed by atoms with van der Waals surface area (Å²) in [5.74, 6) is 0.272. The molecule has 26 heavy (non-hydrogen) atoms. The minimum atomic E-state index is -3.90. The lowest BCUT2D eigenvalue weighted by atomic mass is 9.80. The fourth-order valence-electron chi connectivity index (χ4n) is 2.39. The molecule has 1 heterocycles. The van der Waals surface area contributed by atoms with Crippen molar-refractivity contribution in [3.8, 4) is 0 Å². The molecule has 10 heteroatoms. The largest absolute Gasteiger partial charge is 0.497 e. The van der Waals surface area contributed by atoms with Crippen LogP contribution in [0.4, 0.5) is 5.13 Å². The molecule has 0 saturated carbocycles. The Labute approximate surface area is 157 Å². The van der Waals surface area contributed by atoms with Crippen LogP contribution in [0.25, 0.3) is 0 Å². The Morgan fingerprint density at radius 3 is 2.77 bits per heavy atom. The van der Waals surface area contributed by atoms with E-state index in [1.807, 2.05) is 17.7 Å². The Balaban J connectivity index is 1.98. The van der Waals surface area contributed by atoms with E-state index in [4.69, 9.17) is 4.74 Å². The van der Waals surface area contributed by atoms with Gasteiger partial charge in [-0.1, -0.05) is 13.0 Å². The molecule has 0 aliphatic heterocycles. The van der Waals surface area contributed by atoms with Crippen molar-refractivity contribution in [3.05, 3.63) is 34.6 Å². The van der Waals surface area contributed by atoms with Gasteiger partial charge in [0.1, 0.15) is 12.4 Å². The van der Waals surface area contributed by atoms with Gasteiger partial charge in [-0.2, -0.15) is 13.1 Å². The minimum absolute atomic E-state index is 0.0510. The molecule has 1 aliphatic rings. The summed E-state index contributed by atoms with van der Waals surface area (Å²) in [4.78, 5) is 17.2. The maximum Gasteiger partial charge on any atom is 0.336 e. The number of rotatable bonds is 8. The Morgan fingerprint density at radius 1 is 1.46 bits per heavy atom. The van der Waals surface area contributed by atoms with E-state index in [-0.39, 0.29) is 5.41 Å². The highest BCUT2D eigenvalue weighted by Gasteiger charge is 2.26. The summed E-state index contributed by atoms with van der Waals surface area (Å²) in [7, 11) is -1.05. The Hall–Kier alpha value is -1.75. The molecule has 1 atom stereocenters. The van der Waals surface area contributed by atoms with Crippen LogP contribution in [0.3, 0.4) is 0 Å². The summed E-state index contributed by atoms with van der Waals surface area (Å²) in [6, 6.07) is 0. The zero-order valence-electron chi connectivity index (χ0n) is 15.2. The summed E-state index contributed by atoms with van der Waals surface area (Å²) in [5, 5.41) is 2.99. The first kappa shape index (κ1) is 20.6. The lowest BCUT2D eigenvalue weighted by molar-refractivity contribution is -0.118. The number of aromatic nitrogens is 1. The van der Waals surface area contributed by atoms with Gasteiger partial charge in [0.2, 0.25) is 0 Å². The average molecular weight is 402 g/mol. The molecule has 2 rings (SSSR count). The van der Waals surface area contributed by atoms with Crippen molar-refractivity contribution in [1.29, 1.82) is 0 Å². The monoisotopic (exact) mass is 401 g/mol. The third kappa shape index (κ3) is 5.63. The number of carbonyl (C=O) groups is 1.